The van der Waals surface area contributed by atoms with Gasteiger partial charge in [0, 0.05) is 17.1 Å². The number of hydrogen-bond acceptors (Lipinski definition) is 4. The fourth-order valence-electron chi connectivity index (χ4n) is 2.11. The summed E-state index contributed by atoms with van der Waals surface area (Å²) >= 11 is 1.17. The molecule has 0 atom stereocenters. The van der Waals surface area contributed by atoms with E-state index >= 15 is 0 Å². The minimum Gasteiger partial charge on any atom is -0.352 e. The van der Waals surface area contributed by atoms with Gasteiger partial charge in [-0.1, -0.05) is 6.07 Å². The standard InChI is InChI=1S/C16H20N2O3S2/c1-5-17-16(19)14-9-15(12(4)22-14)23(20,21)18-13-7-6-10(2)11(3)8-13/h6-9,18H,5H2,1-4H3,(H,17,19). The number of carbonyl (C=O) groups is 1. The van der Waals surface area contributed by atoms with Crippen molar-refractivity contribution in [2.24, 2.45) is 0 Å². The molecule has 0 aliphatic rings. The molecule has 124 valence electrons. The number of thiophene rings is 1. The predicted molar refractivity (Wildman–Crippen MR) is 93.8 cm³/mol. The van der Waals surface area contributed by atoms with Gasteiger partial charge in [-0.2, -0.15) is 0 Å². The van der Waals surface area contributed by atoms with E-state index in [4.69, 9.17) is 0 Å². The maximum absolute atomic E-state index is 12.6. The van der Waals surface area contributed by atoms with Gasteiger partial charge in [0.2, 0.25) is 0 Å². The summed E-state index contributed by atoms with van der Waals surface area (Å²) < 4.78 is 27.7. The quantitative estimate of drug-likeness (QED) is 0.867. The highest BCUT2D eigenvalue weighted by atomic mass is 32.2. The number of nitrogens with one attached hydrogen (secondary N) is 2. The number of aryl methyl sites for hydroxylation is 3. The summed E-state index contributed by atoms with van der Waals surface area (Å²) in [5.74, 6) is -0.256. The molecule has 0 radical (unpaired) electrons. The first-order valence-corrected chi connectivity index (χ1v) is 9.53. The summed E-state index contributed by atoms with van der Waals surface area (Å²) in [7, 11) is -3.72. The number of anilines is 1. The minimum atomic E-state index is -3.72. The first-order chi connectivity index (χ1) is 10.7. The van der Waals surface area contributed by atoms with E-state index in [1.165, 1.54) is 17.4 Å². The molecule has 0 saturated carbocycles. The lowest BCUT2D eigenvalue weighted by Gasteiger charge is -2.09. The summed E-state index contributed by atoms with van der Waals surface area (Å²) in [6.07, 6.45) is 0. The Morgan fingerprint density at radius 2 is 1.83 bits per heavy atom. The smallest absolute Gasteiger partial charge is 0.263 e. The van der Waals surface area contributed by atoms with E-state index in [-0.39, 0.29) is 10.8 Å². The van der Waals surface area contributed by atoms with Gasteiger partial charge in [0.05, 0.1) is 4.88 Å². The second-order valence-electron chi connectivity index (χ2n) is 5.30. The Labute approximate surface area is 140 Å². The molecule has 1 heterocycles. The van der Waals surface area contributed by atoms with Crippen LogP contribution < -0.4 is 10.0 Å². The van der Waals surface area contributed by atoms with Crippen LogP contribution in [0.1, 0.15) is 32.6 Å². The third-order valence-corrected chi connectivity index (χ3v) is 6.17. The van der Waals surface area contributed by atoms with Gasteiger partial charge in [-0.15, -0.1) is 11.3 Å². The second-order valence-corrected chi connectivity index (χ2v) is 8.20. The van der Waals surface area contributed by atoms with E-state index in [0.717, 1.165) is 11.1 Å². The molecule has 7 heteroatoms. The zero-order valence-electron chi connectivity index (χ0n) is 13.6. The highest BCUT2D eigenvalue weighted by Gasteiger charge is 2.22. The van der Waals surface area contributed by atoms with Crippen molar-refractivity contribution in [2.45, 2.75) is 32.6 Å². The third kappa shape index (κ3) is 3.92. The van der Waals surface area contributed by atoms with Crippen LogP contribution in [0.2, 0.25) is 0 Å². The molecule has 0 bridgehead atoms. The van der Waals surface area contributed by atoms with Crippen LogP contribution in [0, 0.1) is 20.8 Å². The van der Waals surface area contributed by atoms with Gasteiger partial charge in [-0.25, -0.2) is 8.42 Å². The van der Waals surface area contributed by atoms with Gasteiger partial charge in [0.25, 0.3) is 15.9 Å². The second kappa shape index (κ2) is 6.72. The summed E-state index contributed by atoms with van der Waals surface area (Å²) in [6.45, 7) is 7.91. The molecular formula is C16H20N2O3S2. The molecule has 0 unspecified atom stereocenters. The molecule has 5 nitrogen and oxygen atoms in total. The Morgan fingerprint density at radius 1 is 1.13 bits per heavy atom. The van der Waals surface area contributed by atoms with E-state index in [1.807, 2.05) is 26.8 Å². The van der Waals surface area contributed by atoms with Crippen LogP contribution in [0.25, 0.3) is 0 Å². The molecule has 0 spiro atoms. The number of amides is 1. The van der Waals surface area contributed by atoms with Gasteiger partial charge in [-0.3, -0.25) is 9.52 Å². The van der Waals surface area contributed by atoms with Crippen LogP contribution in [0.3, 0.4) is 0 Å². The van der Waals surface area contributed by atoms with Crippen LogP contribution in [0.15, 0.2) is 29.2 Å². The zero-order chi connectivity index (χ0) is 17.2. The Kier molecular flexibility index (Phi) is 5.11. The van der Waals surface area contributed by atoms with Crippen LogP contribution in [-0.2, 0) is 10.0 Å². The van der Waals surface area contributed by atoms with Crippen molar-refractivity contribution in [1.29, 1.82) is 0 Å². The lowest BCUT2D eigenvalue weighted by atomic mass is 10.1. The molecule has 0 saturated heterocycles. The first-order valence-electron chi connectivity index (χ1n) is 7.23. The Balaban J connectivity index is 2.32. The summed E-state index contributed by atoms with van der Waals surface area (Å²) in [5, 5.41) is 2.67. The Hall–Kier alpha value is -1.86. The lowest BCUT2D eigenvalue weighted by Crippen LogP contribution is -2.21. The van der Waals surface area contributed by atoms with Crippen molar-refractivity contribution in [3.8, 4) is 0 Å². The molecule has 2 aromatic rings. The van der Waals surface area contributed by atoms with Gasteiger partial charge in [-0.05, 0) is 57.0 Å². The number of hydrogen-bond donors (Lipinski definition) is 2. The third-order valence-electron chi connectivity index (χ3n) is 3.48. The number of sulfonamides is 1. The fraction of sp³-hybridized carbons (Fsp3) is 0.312. The summed E-state index contributed by atoms with van der Waals surface area (Å²) in [6, 6.07) is 6.81. The SMILES string of the molecule is CCNC(=O)c1cc(S(=O)(=O)Nc2ccc(C)c(C)c2)c(C)s1. The normalized spacial score (nSPS) is 11.3. The molecule has 2 rings (SSSR count). The molecule has 2 N–H and O–H groups in total. The van der Waals surface area contributed by atoms with Crippen molar-refractivity contribution >= 4 is 33.0 Å². The van der Waals surface area contributed by atoms with Crippen LogP contribution >= 0.6 is 11.3 Å². The molecular weight excluding hydrogens is 332 g/mol. The molecule has 0 fully saturated rings. The average molecular weight is 352 g/mol. The summed E-state index contributed by atoms with van der Waals surface area (Å²) in [5.41, 5.74) is 2.62. The molecule has 0 aliphatic heterocycles. The zero-order valence-corrected chi connectivity index (χ0v) is 15.2. The Bertz CT molecular complexity index is 839. The molecule has 1 aromatic carbocycles. The molecule has 1 amide bonds. The van der Waals surface area contributed by atoms with Crippen molar-refractivity contribution in [3.63, 3.8) is 0 Å². The summed E-state index contributed by atoms with van der Waals surface area (Å²) in [4.78, 5) is 13.0. The number of rotatable bonds is 5. The van der Waals surface area contributed by atoms with Crippen molar-refractivity contribution in [1.82, 2.24) is 5.32 Å². The molecule has 23 heavy (non-hydrogen) atoms. The van der Waals surface area contributed by atoms with Crippen molar-refractivity contribution < 1.29 is 13.2 Å². The number of benzene rings is 1. The molecule has 0 aliphatic carbocycles. The highest BCUT2D eigenvalue weighted by Crippen LogP contribution is 2.28. The van der Waals surface area contributed by atoms with Crippen LogP contribution in [0.5, 0.6) is 0 Å². The Morgan fingerprint density at radius 3 is 2.43 bits per heavy atom. The van der Waals surface area contributed by atoms with E-state index in [1.54, 1.807) is 19.1 Å². The van der Waals surface area contributed by atoms with Crippen molar-refractivity contribution in [2.75, 3.05) is 11.3 Å². The van der Waals surface area contributed by atoms with E-state index in [9.17, 15) is 13.2 Å². The number of carbonyl (C=O) groups excluding carboxylic acids is 1. The highest BCUT2D eigenvalue weighted by molar-refractivity contribution is 7.93. The fourth-order valence-corrected chi connectivity index (χ4v) is 4.67. The maximum Gasteiger partial charge on any atom is 0.263 e. The first kappa shape index (κ1) is 17.5. The predicted octanol–water partition coefficient (Wildman–Crippen LogP) is 3.22. The topological polar surface area (TPSA) is 75.3 Å². The van der Waals surface area contributed by atoms with Gasteiger partial charge < -0.3 is 5.32 Å². The van der Waals surface area contributed by atoms with Gasteiger partial charge >= 0.3 is 0 Å². The van der Waals surface area contributed by atoms with E-state index in [2.05, 4.69) is 10.0 Å². The van der Waals surface area contributed by atoms with Crippen LogP contribution in [0.4, 0.5) is 5.69 Å². The van der Waals surface area contributed by atoms with E-state index < -0.39 is 10.0 Å². The maximum atomic E-state index is 12.6. The van der Waals surface area contributed by atoms with E-state index in [0.29, 0.717) is 22.0 Å². The van der Waals surface area contributed by atoms with Gasteiger partial charge in [0.15, 0.2) is 0 Å². The lowest BCUT2D eigenvalue weighted by molar-refractivity contribution is 0.0959. The minimum absolute atomic E-state index is 0.141. The van der Waals surface area contributed by atoms with Gasteiger partial charge in [0.1, 0.15) is 4.90 Å². The monoisotopic (exact) mass is 352 g/mol. The average Bonchev–Trinajstić information content (AvgIpc) is 2.86. The van der Waals surface area contributed by atoms with Crippen LogP contribution in [-0.4, -0.2) is 20.9 Å². The van der Waals surface area contributed by atoms with Crippen molar-refractivity contribution in [3.05, 3.63) is 45.1 Å². The largest absolute Gasteiger partial charge is 0.352 e. The molecule has 1 aromatic heterocycles.